The second-order valence-electron chi connectivity index (χ2n) is 13.1. The molecule has 2 N–H and O–H groups in total. The van der Waals surface area contributed by atoms with Crippen LogP contribution in [0, 0.1) is 11.8 Å². The molecule has 0 saturated heterocycles. The molecular formula is C38H49N3O5. The summed E-state index contributed by atoms with van der Waals surface area (Å²) in [5.41, 5.74) is 4.42. The molecule has 0 aliphatic carbocycles. The topological polar surface area (TPSA) is 97.0 Å². The van der Waals surface area contributed by atoms with E-state index in [1.807, 2.05) is 82.3 Å². The van der Waals surface area contributed by atoms with Gasteiger partial charge in [0, 0.05) is 6.54 Å². The number of fused-ring (bicyclic) bond motifs is 1. The Balaban J connectivity index is 1.35. The van der Waals surface area contributed by atoms with Crippen molar-refractivity contribution in [1.82, 2.24) is 15.5 Å². The summed E-state index contributed by atoms with van der Waals surface area (Å²) in [4.78, 5) is 42.0. The van der Waals surface area contributed by atoms with Gasteiger partial charge in [-0.2, -0.15) is 0 Å². The van der Waals surface area contributed by atoms with Gasteiger partial charge in [-0.1, -0.05) is 94.4 Å². The number of alkyl carbamates (subject to hydrolysis) is 1. The smallest absolute Gasteiger partial charge is 0.408 e. The Morgan fingerprint density at radius 2 is 1.39 bits per heavy atom. The molecule has 2 amide bonds. The molecule has 4 rings (SSSR count). The molecule has 0 spiro atoms. The first-order chi connectivity index (χ1) is 22.2. The summed E-state index contributed by atoms with van der Waals surface area (Å²) in [5, 5.41) is 5.72. The van der Waals surface area contributed by atoms with Gasteiger partial charge >= 0.3 is 6.09 Å². The molecule has 1 heterocycles. The fourth-order valence-electron chi connectivity index (χ4n) is 5.72. The number of nitrogens with one attached hydrogen (secondary N) is 2. The molecule has 246 valence electrons. The van der Waals surface area contributed by atoms with E-state index in [0.29, 0.717) is 26.0 Å². The first-order valence-electron chi connectivity index (χ1n) is 16.5. The fourth-order valence-corrected chi connectivity index (χ4v) is 5.72. The number of rotatable bonds is 15. The lowest BCUT2D eigenvalue weighted by atomic mass is 9.98. The number of Topliss-reactive ketones (excluding diaryl/α,β-unsaturated/α-hetero) is 1. The predicted molar refractivity (Wildman–Crippen MR) is 180 cm³/mol. The highest BCUT2D eigenvalue weighted by molar-refractivity contribution is 5.93. The maximum Gasteiger partial charge on any atom is 0.408 e. The first-order valence-corrected chi connectivity index (χ1v) is 16.5. The molecule has 8 heteroatoms. The molecule has 0 bridgehead atoms. The van der Waals surface area contributed by atoms with E-state index in [1.54, 1.807) is 0 Å². The van der Waals surface area contributed by atoms with E-state index in [2.05, 4.69) is 39.8 Å². The van der Waals surface area contributed by atoms with Crippen LogP contribution in [0.5, 0.6) is 5.75 Å². The van der Waals surface area contributed by atoms with Crippen LogP contribution in [0.4, 0.5) is 4.79 Å². The minimum atomic E-state index is -0.811. The molecule has 3 aromatic carbocycles. The summed E-state index contributed by atoms with van der Waals surface area (Å²) in [6.45, 7) is 10.4. The molecule has 1 aliphatic rings. The van der Waals surface area contributed by atoms with Crippen LogP contribution in [0.2, 0.25) is 0 Å². The molecule has 0 fully saturated rings. The summed E-state index contributed by atoms with van der Waals surface area (Å²) < 4.78 is 11.4. The number of ether oxygens (including phenoxy) is 2. The molecular weight excluding hydrogens is 578 g/mol. The van der Waals surface area contributed by atoms with E-state index < -0.39 is 18.2 Å². The number of carbonyl (C=O) groups excluding carboxylic acids is 3. The van der Waals surface area contributed by atoms with Crippen LogP contribution < -0.4 is 15.4 Å². The second kappa shape index (κ2) is 17.5. The molecule has 1 aliphatic heterocycles. The van der Waals surface area contributed by atoms with Crippen molar-refractivity contribution < 1.29 is 23.9 Å². The SMILES string of the molecule is CC(C)C[C@H](NC(=O)[C@H](CC(C)C)NC(=O)OCc1ccccc1)C(=O)CN1CCCc2cc(OCc3ccccc3)ccc2C1. The highest BCUT2D eigenvalue weighted by Crippen LogP contribution is 2.25. The molecule has 0 unspecified atom stereocenters. The van der Waals surface area contributed by atoms with E-state index in [0.717, 1.165) is 36.3 Å². The largest absolute Gasteiger partial charge is 0.489 e. The molecule has 0 saturated carbocycles. The molecule has 0 aromatic heterocycles. The van der Waals surface area contributed by atoms with Gasteiger partial charge in [-0.25, -0.2) is 4.79 Å². The summed E-state index contributed by atoms with van der Waals surface area (Å²) in [6, 6.07) is 24.3. The lowest BCUT2D eigenvalue weighted by molar-refractivity contribution is -0.130. The van der Waals surface area contributed by atoms with Crippen LogP contribution in [0.1, 0.15) is 69.2 Å². The number of benzene rings is 3. The Hall–Kier alpha value is -4.17. The van der Waals surface area contributed by atoms with Gasteiger partial charge in [-0.15, -0.1) is 0 Å². The van der Waals surface area contributed by atoms with Crippen molar-refractivity contribution >= 4 is 17.8 Å². The standard InChI is InChI=1S/C38H49N3O5/c1-27(2)20-34(39-37(43)35(21-28(3)4)40-38(44)46-26-30-14-9-6-10-15-30)36(42)24-41-19-11-16-31-22-33(18-17-32(31)23-41)45-25-29-12-7-5-8-13-29/h5-10,12-15,17-18,22,27-28,34-35H,11,16,19-21,23-26H2,1-4H3,(H,39,43)(H,40,44)/t34-,35-/m0/s1. The molecule has 8 nitrogen and oxygen atoms in total. The summed E-state index contributed by atoms with van der Waals surface area (Å²) in [5.74, 6) is 0.795. The minimum absolute atomic E-state index is 0.0248. The summed E-state index contributed by atoms with van der Waals surface area (Å²) >= 11 is 0. The first kappa shape index (κ1) is 34.7. The minimum Gasteiger partial charge on any atom is -0.489 e. The fraction of sp³-hybridized carbons (Fsp3) is 0.447. The van der Waals surface area contributed by atoms with Crippen LogP contribution in [0.3, 0.4) is 0 Å². The van der Waals surface area contributed by atoms with E-state index in [4.69, 9.17) is 9.47 Å². The van der Waals surface area contributed by atoms with Crippen molar-refractivity contribution in [1.29, 1.82) is 0 Å². The van der Waals surface area contributed by atoms with Crippen molar-refractivity contribution in [3.8, 4) is 5.75 Å². The second-order valence-corrected chi connectivity index (χ2v) is 13.1. The van der Waals surface area contributed by atoms with Crippen molar-refractivity contribution in [3.05, 3.63) is 101 Å². The van der Waals surface area contributed by atoms with Gasteiger partial charge in [-0.05, 0) is 78.5 Å². The highest BCUT2D eigenvalue weighted by Gasteiger charge is 2.29. The highest BCUT2D eigenvalue weighted by atomic mass is 16.5. The Bertz CT molecular complexity index is 1410. The van der Waals surface area contributed by atoms with Gasteiger partial charge in [0.25, 0.3) is 0 Å². The number of hydrogen-bond donors (Lipinski definition) is 2. The van der Waals surface area contributed by atoms with Crippen molar-refractivity contribution in [3.63, 3.8) is 0 Å². The van der Waals surface area contributed by atoms with Crippen LogP contribution in [0.25, 0.3) is 0 Å². The lowest BCUT2D eigenvalue weighted by Gasteiger charge is -2.27. The molecule has 46 heavy (non-hydrogen) atoms. The van der Waals surface area contributed by atoms with Crippen LogP contribution in [-0.4, -0.2) is 47.9 Å². The zero-order valence-corrected chi connectivity index (χ0v) is 27.7. The Kier molecular flexibility index (Phi) is 13.2. The average Bonchev–Trinajstić information content (AvgIpc) is 3.24. The van der Waals surface area contributed by atoms with E-state index in [9.17, 15) is 14.4 Å². The average molecular weight is 628 g/mol. The molecule has 2 atom stereocenters. The number of ketones is 1. The van der Waals surface area contributed by atoms with Gasteiger partial charge in [0.05, 0.1) is 12.6 Å². The number of amides is 2. The maximum absolute atomic E-state index is 13.7. The van der Waals surface area contributed by atoms with Crippen LogP contribution in [-0.2, 0) is 40.5 Å². The van der Waals surface area contributed by atoms with Gasteiger partial charge in [0.2, 0.25) is 5.91 Å². The van der Waals surface area contributed by atoms with Crippen LogP contribution in [0.15, 0.2) is 78.9 Å². The normalized spacial score (nSPS) is 14.6. The van der Waals surface area contributed by atoms with E-state index in [1.165, 1.54) is 11.1 Å². The zero-order chi connectivity index (χ0) is 32.9. The van der Waals surface area contributed by atoms with E-state index in [-0.39, 0.29) is 36.7 Å². The zero-order valence-electron chi connectivity index (χ0n) is 27.7. The quantitative estimate of drug-likeness (QED) is 0.201. The molecule has 3 aromatic rings. The van der Waals surface area contributed by atoms with Gasteiger partial charge in [0.1, 0.15) is 25.0 Å². The van der Waals surface area contributed by atoms with Gasteiger partial charge < -0.3 is 20.1 Å². The predicted octanol–water partition coefficient (Wildman–Crippen LogP) is 6.45. The lowest BCUT2D eigenvalue weighted by Crippen LogP contribution is -2.53. The van der Waals surface area contributed by atoms with Crippen molar-refractivity contribution in [2.24, 2.45) is 11.8 Å². The number of carbonyl (C=O) groups is 3. The van der Waals surface area contributed by atoms with E-state index >= 15 is 0 Å². The Morgan fingerprint density at radius 1 is 0.761 bits per heavy atom. The summed E-state index contributed by atoms with van der Waals surface area (Å²) in [6.07, 6.45) is 2.12. The monoisotopic (exact) mass is 627 g/mol. The number of aryl methyl sites for hydroxylation is 1. The van der Waals surface area contributed by atoms with Crippen molar-refractivity contribution in [2.45, 2.75) is 85.2 Å². The number of nitrogens with zero attached hydrogens (tertiary/aromatic N) is 1. The number of hydrogen-bond acceptors (Lipinski definition) is 6. The van der Waals surface area contributed by atoms with Gasteiger partial charge in [0.15, 0.2) is 5.78 Å². The van der Waals surface area contributed by atoms with Crippen molar-refractivity contribution in [2.75, 3.05) is 13.1 Å². The third kappa shape index (κ3) is 11.3. The third-order valence-electron chi connectivity index (χ3n) is 8.06. The third-order valence-corrected chi connectivity index (χ3v) is 8.06. The van der Waals surface area contributed by atoms with Gasteiger partial charge in [-0.3, -0.25) is 14.5 Å². The summed E-state index contributed by atoms with van der Waals surface area (Å²) in [7, 11) is 0. The maximum atomic E-state index is 13.7. The Labute approximate surface area is 273 Å². The molecule has 0 radical (unpaired) electrons. The Morgan fingerprint density at radius 3 is 2.04 bits per heavy atom. The van der Waals surface area contributed by atoms with Crippen LogP contribution >= 0.6 is 0 Å².